The van der Waals surface area contributed by atoms with Crippen LogP contribution < -0.4 is 52.8 Å². The van der Waals surface area contributed by atoms with E-state index in [1.165, 1.54) is 99.0 Å². The monoisotopic (exact) mass is 1070 g/mol. The maximum absolute atomic E-state index is 4.41. The van der Waals surface area contributed by atoms with Crippen LogP contribution in [-0.4, -0.2) is 8.07 Å². The van der Waals surface area contributed by atoms with Gasteiger partial charge >= 0.3 is 21.7 Å². The quantitative estimate of drug-likeness (QED) is 0.0676. The number of benzene rings is 9. The molecule has 0 saturated heterocycles. The van der Waals surface area contributed by atoms with Crippen LogP contribution in [0, 0.1) is 6.08 Å². The van der Waals surface area contributed by atoms with Gasteiger partial charge in [0.2, 0.25) is 0 Å². The van der Waals surface area contributed by atoms with Crippen LogP contribution in [0.4, 0.5) is 0 Å². The van der Waals surface area contributed by atoms with Crippen molar-refractivity contribution >= 4 is 23.6 Å². The Morgan fingerprint density at radius 3 is 0.797 bits per heavy atom. The van der Waals surface area contributed by atoms with Crippen LogP contribution in [0.15, 0.2) is 253 Å². The van der Waals surface area contributed by atoms with E-state index in [9.17, 15) is 0 Å². The summed E-state index contributed by atoms with van der Waals surface area (Å²) in [6.07, 6.45) is 9.51. The van der Waals surface area contributed by atoms with Gasteiger partial charge in [-0.05, 0) is 121 Å². The van der Waals surface area contributed by atoms with Gasteiger partial charge in [-0.3, -0.25) is 6.08 Å². The second kappa shape index (κ2) is 26.2. The van der Waals surface area contributed by atoms with Crippen molar-refractivity contribution in [3.8, 4) is 0 Å². The fourth-order valence-corrected chi connectivity index (χ4v) is 18.1. The average molecular weight is 1070 g/mol. The summed E-state index contributed by atoms with van der Waals surface area (Å²) in [6.45, 7) is 9.66. The Hall–Kier alpha value is -5.74. The molecule has 0 amide bonds. The molecule has 0 N–H and O–H groups in total. The van der Waals surface area contributed by atoms with E-state index in [1.807, 2.05) is 0 Å². The van der Waals surface area contributed by atoms with Crippen molar-refractivity contribution in [2.45, 2.75) is 71.3 Å². The summed E-state index contributed by atoms with van der Waals surface area (Å²) in [6, 6.07) is 89.5. The van der Waals surface area contributed by atoms with Gasteiger partial charge in [-0.15, -0.1) is 6.92 Å². The molecule has 9 aromatic rings. The summed E-state index contributed by atoms with van der Waals surface area (Å²) in [5.41, 5.74) is 20.2. The topological polar surface area (TPSA) is 0 Å². The molecule has 1 unspecified atom stereocenters. The Labute approximate surface area is 476 Å². The van der Waals surface area contributed by atoms with Crippen LogP contribution in [0.3, 0.4) is 0 Å². The smallest absolute Gasteiger partial charge is 1.00 e. The first kappa shape index (κ1) is 57.5. The number of halogens is 3. The van der Waals surface area contributed by atoms with E-state index in [4.69, 9.17) is 0 Å². The molecule has 0 heterocycles. The summed E-state index contributed by atoms with van der Waals surface area (Å²) in [5, 5.41) is 3.95. The van der Waals surface area contributed by atoms with Crippen molar-refractivity contribution < 1.29 is 58.9 Å². The van der Waals surface area contributed by atoms with Crippen molar-refractivity contribution in [1.82, 2.24) is 0 Å². The standard InChI is InChI=1S/C69H63Si.3ClH.Ti/c1-51-50-69(4,53(3)52(51)2)70(66-38-35-60(41-54-23-11-5-12-24-54)47-63(66)44-57-29-17-8-18-30-57,67-39-36-61(42-55-25-13-6-14-26-55)48-64(67)45-58-31-19-9-20-32-58)68-40-37-62(43-56-27-15-7-16-28-56)49-65(68)46-59-33-21-10-22-34-59;;;;/h5-40,47-49H,41-46H2,1-4H3;3*1H;/q-1;;;;+4/p-3. The van der Waals surface area contributed by atoms with Gasteiger partial charge < -0.3 is 37.2 Å². The Morgan fingerprint density at radius 1 is 0.324 bits per heavy atom. The number of allylic oxidation sites excluding steroid dienone is 4. The fraction of sp³-hybridized carbons (Fsp3) is 0.159. The molecule has 9 aromatic carbocycles. The van der Waals surface area contributed by atoms with Gasteiger partial charge in [0.25, 0.3) is 0 Å². The molecule has 368 valence electrons. The Kier molecular flexibility index (Phi) is 20.3. The molecule has 0 saturated carbocycles. The third-order valence-electron chi connectivity index (χ3n) is 15.2. The number of hydrogen-bond acceptors (Lipinski definition) is 0. The largest absolute Gasteiger partial charge is 4.00 e. The zero-order chi connectivity index (χ0) is 47.9. The second-order valence-corrected chi connectivity index (χ2v) is 23.9. The van der Waals surface area contributed by atoms with E-state index >= 15 is 0 Å². The van der Waals surface area contributed by atoms with Crippen LogP contribution in [0.5, 0.6) is 0 Å². The Morgan fingerprint density at radius 2 is 0.568 bits per heavy atom. The molecule has 0 aromatic heterocycles. The minimum atomic E-state index is -3.39. The maximum Gasteiger partial charge on any atom is 4.00 e. The van der Waals surface area contributed by atoms with Gasteiger partial charge in [0.1, 0.15) is 8.07 Å². The molecule has 1 aliphatic rings. The Balaban J connectivity index is 0.00000223. The molecule has 0 fully saturated rings. The van der Waals surface area contributed by atoms with Gasteiger partial charge in [-0.25, -0.2) is 5.57 Å². The predicted molar refractivity (Wildman–Crippen MR) is 299 cm³/mol. The number of hydrogen-bond donors (Lipinski definition) is 0. The first-order valence-corrected chi connectivity index (χ1v) is 27.2. The van der Waals surface area contributed by atoms with Crippen LogP contribution >= 0.6 is 0 Å². The summed E-state index contributed by atoms with van der Waals surface area (Å²) in [4.78, 5) is 0. The molecule has 74 heavy (non-hydrogen) atoms. The second-order valence-electron chi connectivity index (χ2n) is 19.8. The predicted octanol–water partition coefficient (Wildman–Crippen LogP) is 5.57. The van der Waals surface area contributed by atoms with Crippen LogP contribution in [0.1, 0.15) is 94.5 Å². The molecule has 0 bridgehead atoms. The van der Waals surface area contributed by atoms with Gasteiger partial charge in [-0.2, -0.15) is 11.1 Å². The number of rotatable bonds is 16. The van der Waals surface area contributed by atoms with Gasteiger partial charge in [-0.1, -0.05) is 262 Å². The van der Waals surface area contributed by atoms with E-state index in [0.717, 1.165) is 38.5 Å². The maximum atomic E-state index is 4.41. The van der Waals surface area contributed by atoms with Crippen molar-refractivity contribution in [3.63, 3.8) is 0 Å². The normalized spacial score (nSPS) is 13.9. The third kappa shape index (κ3) is 12.3. The zero-order valence-corrected chi connectivity index (χ0v) is 47.7. The molecule has 1 atom stereocenters. The van der Waals surface area contributed by atoms with Crippen molar-refractivity contribution in [2.24, 2.45) is 0 Å². The van der Waals surface area contributed by atoms with Crippen LogP contribution in [0.2, 0.25) is 5.04 Å². The van der Waals surface area contributed by atoms with Gasteiger partial charge in [0, 0.05) is 0 Å². The molecular formula is C69H63Cl3SiTi. The van der Waals surface area contributed by atoms with Crippen LogP contribution in [0.25, 0.3) is 0 Å². The molecule has 1 aliphatic carbocycles. The van der Waals surface area contributed by atoms with Crippen molar-refractivity contribution in [3.05, 3.63) is 326 Å². The molecule has 0 aliphatic heterocycles. The van der Waals surface area contributed by atoms with Crippen molar-refractivity contribution in [1.29, 1.82) is 0 Å². The SMILES string of the molecule is CC1=[C-]C(C)([Si](c2ccc(Cc3ccccc3)cc2Cc2ccccc2)(c2ccc(Cc3ccccc3)cc2Cc2ccccc2)c2ccc(Cc3ccccc3)cc2Cc2ccccc2)C(C)=C1C.[Cl-].[Cl-].[Cl-].[Ti+4]. The van der Waals surface area contributed by atoms with Gasteiger partial charge in [0.15, 0.2) is 0 Å². The molecule has 0 radical (unpaired) electrons. The zero-order valence-electron chi connectivity index (χ0n) is 42.9. The Bertz CT molecular complexity index is 2970. The van der Waals surface area contributed by atoms with Crippen molar-refractivity contribution in [2.75, 3.05) is 0 Å². The summed E-state index contributed by atoms with van der Waals surface area (Å²) in [5.74, 6) is 0. The van der Waals surface area contributed by atoms with E-state index in [-0.39, 0.29) is 58.9 Å². The van der Waals surface area contributed by atoms with E-state index in [0.29, 0.717) is 0 Å². The minimum absolute atomic E-state index is 0. The summed E-state index contributed by atoms with van der Waals surface area (Å²) in [7, 11) is -3.39. The fourth-order valence-electron chi connectivity index (χ4n) is 11.6. The minimum Gasteiger partial charge on any atom is -1.00 e. The van der Waals surface area contributed by atoms with E-state index < -0.39 is 13.1 Å². The van der Waals surface area contributed by atoms with E-state index in [1.54, 1.807) is 0 Å². The molecule has 0 spiro atoms. The van der Waals surface area contributed by atoms with Crippen LogP contribution in [-0.2, 0) is 60.2 Å². The third-order valence-corrected chi connectivity index (χ3v) is 21.1. The summed E-state index contributed by atoms with van der Waals surface area (Å²) >= 11 is 0. The molecular weight excluding hydrogens is 1010 g/mol. The first-order chi connectivity index (χ1) is 34.3. The molecule has 5 heteroatoms. The first-order valence-electron chi connectivity index (χ1n) is 25.2. The molecule has 0 nitrogen and oxygen atoms in total. The summed E-state index contributed by atoms with van der Waals surface area (Å²) < 4.78 is 0. The molecule has 10 rings (SSSR count). The average Bonchev–Trinajstić information content (AvgIpc) is 3.59. The van der Waals surface area contributed by atoms with Gasteiger partial charge in [0.05, 0.1) is 0 Å². The van der Waals surface area contributed by atoms with E-state index in [2.05, 4.69) is 270 Å².